The van der Waals surface area contributed by atoms with E-state index in [0.717, 1.165) is 31.6 Å². The molecule has 2 aromatic rings. The highest BCUT2D eigenvalue weighted by Crippen LogP contribution is 2.26. The number of hydrogen-bond acceptors (Lipinski definition) is 5. The van der Waals surface area contributed by atoms with Crippen molar-refractivity contribution in [3.8, 4) is 0 Å². The Balaban J connectivity index is 1.67. The zero-order valence-corrected chi connectivity index (χ0v) is 13.1. The molecule has 0 spiro atoms. The van der Waals surface area contributed by atoms with Crippen LogP contribution in [0.15, 0.2) is 27.9 Å². The zero-order valence-electron chi connectivity index (χ0n) is 13.1. The highest BCUT2D eigenvalue weighted by molar-refractivity contribution is 5.66. The van der Waals surface area contributed by atoms with Gasteiger partial charge in [-0.3, -0.25) is 24.2 Å². The first-order valence-electron chi connectivity index (χ1n) is 7.79. The number of carbonyl (C=O) groups is 1. The van der Waals surface area contributed by atoms with Crippen molar-refractivity contribution in [2.24, 2.45) is 0 Å². The molecule has 0 bridgehead atoms. The third kappa shape index (κ3) is 3.99. The fourth-order valence-electron chi connectivity index (χ4n) is 3.11. The molecular weight excluding hydrogens is 314 g/mol. The number of aromatic amines is 2. The van der Waals surface area contributed by atoms with Crippen LogP contribution in [0.4, 0.5) is 0 Å². The number of nitrogens with zero attached hydrogens (tertiary/aromatic N) is 3. The Morgan fingerprint density at radius 1 is 1.38 bits per heavy atom. The Bertz CT molecular complexity index is 808. The van der Waals surface area contributed by atoms with Crippen LogP contribution in [0.5, 0.6) is 0 Å². The molecule has 0 aliphatic carbocycles. The minimum Gasteiger partial charge on any atom is -0.480 e. The van der Waals surface area contributed by atoms with Gasteiger partial charge in [-0.25, -0.2) is 4.79 Å². The number of piperidine rings is 1. The first-order valence-corrected chi connectivity index (χ1v) is 7.79. The van der Waals surface area contributed by atoms with E-state index < -0.39 is 17.2 Å². The molecule has 0 unspecified atom stereocenters. The van der Waals surface area contributed by atoms with Gasteiger partial charge in [0.05, 0.1) is 5.69 Å². The number of carboxylic acids is 1. The van der Waals surface area contributed by atoms with Crippen LogP contribution < -0.4 is 11.2 Å². The van der Waals surface area contributed by atoms with E-state index in [1.165, 1.54) is 10.7 Å². The molecule has 2 aromatic heterocycles. The molecule has 0 saturated carbocycles. The molecule has 1 fully saturated rings. The summed E-state index contributed by atoms with van der Waals surface area (Å²) in [6.45, 7) is 1.97. The van der Waals surface area contributed by atoms with Crippen molar-refractivity contribution in [2.45, 2.75) is 31.8 Å². The predicted molar refractivity (Wildman–Crippen MR) is 84.8 cm³/mol. The Hall–Kier alpha value is -2.68. The van der Waals surface area contributed by atoms with Gasteiger partial charge in [0.25, 0.3) is 5.56 Å². The lowest BCUT2D eigenvalue weighted by atomic mass is 9.95. The van der Waals surface area contributed by atoms with Crippen molar-refractivity contribution >= 4 is 5.97 Å². The summed E-state index contributed by atoms with van der Waals surface area (Å²) in [6, 6.07) is 3.25. The summed E-state index contributed by atoms with van der Waals surface area (Å²) in [5.74, 6) is -0.712. The second-order valence-corrected chi connectivity index (χ2v) is 6.02. The van der Waals surface area contributed by atoms with Crippen LogP contribution >= 0.6 is 0 Å². The molecule has 0 aromatic carbocycles. The lowest BCUT2D eigenvalue weighted by Gasteiger charge is -2.31. The van der Waals surface area contributed by atoms with E-state index in [9.17, 15) is 14.4 Å². The minimum absolute atomic E-state index is 0.148. The van der Waals surface area contributed by atoms with Gasteiger partial charge < -0.3 is 10.1 Å². The SMILES string of the molecule is O=C(O)Cn1ccc([C@H]2CCCN(Cc3cc(=O)[nH]c(=O)[nH]3)C2)n1. The zero-order chi connectivity index (χ0) is 17.1. The number of rotatable bonds is 5. The average molecular weight is 333 g/mol. The predicted octanol–water partition coefficient (Wildman–Crippen LogP) is -0.276. The summed E-state index contributed by atoms with van der Waals surface area (Å²) in [5.41, 5.74) is 0.550. The average Bonchev–Trinajstić information content (AvgIpc) is 2.94. The number of aromatic nitrogens is 4. The van der Waals surface area contributed by atoms with Gasteiger partial charge in [0.15, 0.2) is 0 Å². The Kier molecular flexibility index (Phi) is 4.61. The Morgan fingerprint density at radius 2 is 2.21 bits per heavy atom. The molecule has 24 heavy (non-hydrogen) atoms. The topological polar surface area (TPSA) is 124 Å². The third-order valence-corrected chi connectivity index (χ3v) is 4.09. The molecule has 128 valence electrons. The molecular formula is C15H19N5O4. The second kappa shape index (κ2) is 6.83. The van der Waals surface area contributed by atoms with E-state index in [0.29, 0.717) is 12.2 Å². The summed E-state index contributed by atoms with van der Waals surface area (Å²) < 4.78 is 1.42. The van der Waals surface area contributed by atoms with Crippen molar-refractivity contribution < 1.29 is 9.90 Å². The maximum absolute atomic E-state index is 11.4. The van der Waals surface area contributed by atoms with Crippen LogP contribution in [0.2, 0.25) is 0 Å². The molecule has 9 nitrogen and oxygen atoms in total. The van der Waals surface area contributed by atoms with E-state index >= 15 is 0 Å². The van der Waals surface area contributed by atoms with E-state index in [1.807, 2.05) is 6.07 Å². The molecule has 1 aliphatic heterocycles. The molecule has 3 N–H and O–H groups in total. The molecule has 0 radical (unpaired) electrons. The Morgan fingerprint density at radius 3 is 2.96 bits per heavy atom. The highest BCUT2D eigenvalue weighted by Gasteiger charge is 2.23. The normalized spacial score (nSPS) is 18.6. The third-order valence-electron chi connectivity index (χ3n) is 4.09. The van der Waals surface area contributed by atoms with Crippen molar-refractivity contribution in [3.63, 3.8) is 0 Å². The van der Waals surface area contributed by atoms with Gasteiger partial charge in [-0.2, -0.15) is 5.10 Å². The van der Waals surface area contributed by atoms with Gasteiger partial charge in [-0.05, 0) is 25.5 Å². The van der Waals surface area contributed by atoms with E-state index in [-0.39, 0.29) is 12.5 Å². The second-order valence-electron chi connectivity index (χ2n) is 6.02. The smallest absolute Gasteiger partial charge is 0.325 e. The molecule has 9 heteroatoms. The largest absolute Gasteiger partial charge is 0.480 e. The monoisotopic (exact) mass is 333 g/mol. The van der Waals surface area contributed by atoms with Gasteiger partial charge in [0.2, 0.25) is 0 Å². The van der Waals surface area contributed by atoms with Gasteiger partial charge in [-0.1, -0.05) is 0 Å². The maximum Gasteiger partial charge on any atom is 0.325 e. The summed E-state index contributed by atoms with van der Waals surface area (Å²) in [7, 11) is 0. The Labute approximate surface area is 136 Å². The van der Waals surface area contributed by atoms with Crippen molar-refractivity contribution in [1.82, 2.24) is 24.6 Å². The van der Waals surface area contributed by atoms with Gasteiger partial charge >= 0.3 is 11.7 Å². The fraction of sp³-hybridized carbons (Fsp3) is 0.467. The van der Waals surface area contributed by atoms with Crippen LogP contribution in [0, 0.1) is 0 Å². The van der Waals surface area contributed by atoms with E-state index in [2.05, 4.69) is 20.0 Å². The standard InChI is InChI=1S/C15H19N5O4/c21-13-6-11(16-15(24)17-13)8-19-4-1-2-10(7-19)12-3-5-20(18-12)9-14(22)23/h3,5-6,10H,1-2,4,7-9H2,(H,22,23)(H2,16,17,21,24)/t10-/m0/s1. The summed E-state index contributed by atoms with van der Waals surface area (Å²) in [5, 5.41) is 13.2. The number of carboxylic acid groups (broad SMARTS) is 1. The molecule has 3 rings (SSSR count). The quantitative estimate of drug-likeness (QED) is 0.691. The first-order chi connectivity index (χ1) is 11.5. The maximum atomic E-state index is 11.4. The minimum atomic E-state index is -0.923. The van der Waals surface area contributed by atoms with Crippen LogP contribution in [-0.4, -0.2) is 48.8 Å². The first kappa shape index (κ1) is 16.2. The number of hydrogen-bond donors (Lipinski definition) is 3. The molecule has 0 amide bonds. The van der Waals surface area contributed by atoms with E-state index in [1.54, 1.807) is 6.20 Å². The summed E-state index contributed by atoms with van der Waals surface area (Å²) in [4.78, 5) is 40.4. The molecule has 3 heterocycles. The number of nitrogens with one attached hydrogen (secondary N) is 2. The van der Waals surface area contributed by atoms with Crippen molar-refractivity contribution in [2.75, 3.05) is 13.1 Å². The van der Waals surface area contributed by atoms with Crippen LogP contribution in [0.3, 0.4) is 0 Å². The fourth-order valence-corrected chi connectivity index (χ4v) is 3.11. The van der Waals surface area contributed by atoms with E-state index in [4.69, 9.17) is 5.11 Å². The highest BCUT2D eigenvalue weighted by atomic mass is 16.4. The number of likely N-dealkylation sites (tertiary alicyclic amines) is 1. The molecule has 1 aliphatic rings. The lowest BCUT2D eigenvalue weighted by molar-refractivity contribution is -0.137. The van der Waals surface area contributed by atoms with Crippen LogP contribution in [-0.2, 0) is 17.9 Å². The van der Waals surface area contributed by atoms with Gasteiger partial charge in [0.1, 0.15) is 6.54 Å². The van der Waals surface area contributed by atoms with Gasteiger partial charge in [-0.15, -0.1) is 0 Å². The lowest BCUT2D eigenvalue weighted by Crippen LogP contribution is -2.35. The number of aliphatic carboxylic acids is 1. The van der Waals surface area contributed by atoms with Crippen LogP contribution in [0.1, 0.15) is 30.1 Å². The number of H-pyrrole nitrogens is 2. The molecule has 1 saturated heterocycles. The summed E-state index contributed by atoms with van der Waals surface area (Å²) in [6.07, 6.45) is 3.63. The van der Waals surface area contributed by atoms with Crippen molar-refractivity contribution in [1.29, 1.82) is 0 Å². The van der Waals surface area contributed by atoms with Gasteiger partial charge in [0, 0.05) is 37.0 Å². The summed E-state index contributed by atoms with van der Waals surface area (Å²) >= 11 is 0. The van der Waals surface area contributed by atoms with Crippen LogP contribution in [0.25, 0.3) is 0 Å². The molecule has 1 atom stereocenters. The van der Waals surface area contributed by atoms with Crippen molar-refractivity contribution in [3.05, 3.63) is 50.6 Å².